The molecule has 1 aliphatic rings. The second kappa shape index (κ2) is 5.80. The van der Waals surface area contributed by atoms with Gasteiger partial charge >= 0.3 is 0 Å². The molecule has 0 amide bonds. The summed E-state index contributed by atoms with van der Waals surface area (Å²) in [6.07, 6.45) is 4.81. The summed E-state index contributed by atoms with van der Waals surface area (Å²) in [5, 5.41) is 0. The Morgan fingerprint density at radius 1 is 1.53 bits per heavy atom. The van der Waals surface area contributed by atoms with E-state index in [1.165, 1.54) is 12.8 Å². The van der Waals surface area contributed by atoms with Crippen molar-refractivity contribution in [3.05, 3.63) is 0 Å². The average molecular weight is 216 g/mol. The van der Waals surface area contributed by atoms with Crippen molar-refractivity contribution in [2.24, 2.45) is 11.7 Å². The lowest BCUT2D eigenvalue weighted by Gasteiger charge is -2.47. The van der Waals surface area contributed by atoms with E-state index >= 15 is 0 Å². The van der Waals surface area contributed by atoms with Crippen LogP contribution in [0.2, 0.25) is 0 Å². The van der Waals surface area contributed by atoms with Gasteiger partial charge in [-0.2, -0.15) is 0 Å². The first-order valence-corrected chi connectivity index (χ1v) is 6.19. The van der Waals surface area contributed by atoms with Gasteiger partial charge in [0.05, 0.1) is 0 Å². The van der Waals surface area contributed by atoms with Crippen molar-refractivity contribution >= 4 is 0 Å². The van der Waals surface area contributed by atoms with Gasteiger partial charge < -0.3 is 5.73 Å². The van der Waals surface area contributed by atoms with Crippen molar-refractivity contribution in [2.75, 3.05) is 26.3 Å². The van der Waals surface area contributed by atoms with Crippen LogP contribution in [0.4, 0.5) is 4.39 Å². The molecule has 1 rings (SSSR count). The van der Waals surface area contributed by atoms with Gasteiger partial charge in [0.1, 0.15) is 6.67 Å². The summed E-state index contributed by atoms with van der Waals surface area (Å²) in [5.41, 5.74) is 6.02. The molecule has 0 heterocycles. The van der Waals surface area contributed by atoms with Crippen LogP contribution in [0.25, 0.3) is 0 Å². The number of nitrogens with two attached hydrogens (primary N) is 1. The molecule has 3 heteroatoms. The van der Waals surface area contributed by atoms with E-state index in [2.05, 4.69) is 18.7 Å². The van der Waals surface area contributed by atoms with E-state index < -0.39 is 0 Å². The molecule has 0 aromatic rings. The molecule has 1 fully saturated rings. The van der Waals surface area contributed by atoms with Crippen molar-refractivity contribution < 1.29 is 4.39 Å². The number of nitrogens with zero attached hydrogens (tertiary/aromatic N) is 1. The number of alkyl halides is 1. The van der Waals surface area contributed by atoms with Gasteiger partial charge in [0.15, 0.2) is 0 Å². The molecule has 0 aromatic carbocycles. The number of rotatable bonds is 5. The SMILES string of the molecule is CCN(CCF)C1(CN)CCCC(C)C1. The summed E-state index contributed by atoms with van der Waals surface area (Å²) >= 11 is 0. The molecule has 2 nitrogen and oxygen atoms in total. The van der Waals surface area contributed by atoms with Crippen LogP contribution in [0.3, 0.4) is 0 Å². The van der Waals surface area contributed by atoms with E-state index in [1.54, 1.807) is 0 Å². The zero-order chi connectivity index (χ0) is 11.3. The molecule has 2 N–H and O–H groups in total. The lowest BCUT2D eigenvalue weighted by molar-refractivity contribution is 0.0388. The summed E-state index contributed by atoms with van der Waals surface area (Å²) in [7, 11) is 0. The van der Waals surface area contributed by atoms with Gasteiger partial charge in [0.2, 0.25) is 0 Å². The van der Waals surface area contributed by atoms with Crippen LogP contribution in [0.1, 0.15) is 39.5 Å². The summed E-state index contributed by atoms with van der Waals surface area (Å²) in [6, 6.07) is 0. The third-order valence-corrected chi connectivity index (χ3v) is 3.85. The summed E-state index contributed by atoms with van der Waals surface area (Å²) in [4.78, 5) is 2.25. The number of halogens is 1. The van der Waals surface area contributed by atoms with Gasteiger partial charge in [-0.05, 0) is 25.3 Å². The van der Waals surface area contributed by atoms with Crippen molar-refractivity contribution in [3.8, 4) is 0 Å². The van der Waals surface area contributed by atoms with Gasteiger partial charge in [-0.15, -0.1) is 0 Å². The Bertz CT molecular complexity index is 186. The van der Waals surface area contributed by atoms with E-state index in [1.807, 2.05) is 0 Å². The van der Waals surface area contributed by atoms with E-state index in [-0.39, 0.29) is 12.2 Å². The third kappa shape index (κ3) is 2.91. The normalized spacial score (nSPS) is 32.2. The first-order chi connectivity index (χ1) is 7.18. The fraction of sp³-hybridized carbons (Fsp3) is 1.00. The van der Waals surface area contributed by atoms with Gasteiger partial charge in [-0.1, -0.05) is 26.7 Å². The van der Waals surface area contributed by atoms with Crippen molar-refractivity contribution in [3.63, 3.8) is 0 Å². The molecule has 0 aromatic heterocycles. The van der Waals surface area contributed by atoms with Crippen LogP contribution < -0.4 is 5.73 Å². The molecule has 1 saturated carbocycles. The molecule has 1 aliphatic carbocycles. The Hall–Kier alpha value is -0.150. The predicted molar refractivity (Wildman–Crippen MR) is 62.6 cm³/mol. The van der Waals surface area contributed by atoms with E-state index in [4.69, 9.17) is 5.73 Å². The van der Waals surface area contributed by atoms with Crippen molar-refractivity contribution in [1.29, 1.82) is 0 Å². The average Bonchev–Trinajstić information content (AvgIpc) is 2.25. The molecule has 90 valence electrons. The molecule has 0 saturated heterocycles. The quantitative estimate of drug-likeness (QED) is 0.763. The highest BCUT2D eigenvalue weighted by atomic mass is 19.1. The molecular weight excluding hydrogens is 191 g/mol. The van der Waals surface area contributed by atoms with Crippen LogP contribution in [0, 0.1) is 5.92 Å². The maximum atomic E-state index is 12.5. The fourth-order valence-electron chi connectivity index (χ4n) is 3.07. The highest BCUT2D eigenvalue weighted by Crippen LogP contribution is 2.35. The Labute approximate surface area is 93.0 Å². The van der Waals surface area contributed by atoms with Crippen LogP contribution in [0.15, 0.2) is 0 Å². The second-order valence-corrected chi connectivity index (χ2v) is 4.90. The minimum Gasteiger partial charge on any atom is -0.329 e. The molecule has 0 spiro atoms. The minimum absolute atomic E-state index is 0.0819. The first-order valence-electron chi connectivity index (χ1n) is 6.19. The highest BCUT2D eigenvalue weighted by Gasteiger charge is 2.37. The zero-order valence-corrected chi connectivity index (χ0v) is 10.1. The second-order valence-electron chi connectivity index (χ2n) is 4.90. The van der Waals surface area contributed by atoms with Crippen LogP contribution in [-0.4, -0.2) is 36.7 Å². The van der Waals surface area contributed by atoms with Gasteiger partial charge in [0, 0.05) is 18.6 Å². The van der Waals surface area contributed by atoms with Gasteiger partial charge in [-0.25, -0.2) is 4.39 Å². The Morgan fingerprint density at radius 2 is 2.27 bits per heavy atom. The van der Waals surface area contributed by atoms with Gasteiger partial charge in [-0.3, -0.25) is 4.90 Å². The third-order valence-electron chi connectivity index (χ3n) is 3.85. The van der Waals surface area contributed by atoms with E-state index in [0.29, 0.717) is 13.1 Å². The molecule has 0 radical (unpaired) electrons. The smallest absolute Gasteiger partial charge is 0.102 e. The Balaban J connectivity index is 2.71. The molecular formula is C12H25FN2. The maximum absolute atomic E-state index is 12.5. The lowest BCUT2D eigenvalue weighted by Crippen LogP contribution is -2.56. The molecule has 2 unspecified atom stereocenters. The van der Waals surface area contributed by atoms with Crippen LogP contribution >= 0.6 is 0 Å². The highest BCUT2D eigenvalue weighted by molar-refractivity contribution is 4.95. The van der Waals surface area contributed by atoms with E-state index in [9.17, 15) is 4.39 Å². The fourth-order valence-corrected chi connectivity index (χ4v) is 3.07. The summed E-state index contributed by atoms with van der Waals surface area (Å²) in [6.45, 7) is 6.25. The number of hydrogen-bond donors (Lipinski definition) is 1. The number of hydrogen-bond acceptors (Lipinski definition) is 2. The lowest BCUT2D eigenvalue weighted by atomic mass is 9.75. The van der Waals surface area contributed by atoms with Crippen molar-refractivity contribution in [2.45, 2.75) is 45.1 Å². The minimum atomic E-state index is -0.260. The summed E-state index contributed by atoms with van der Waals surface area (Å²) in [5.74, 6) is 0.732. The topological polar surface area (TPSA) is 29.3 Å². The standard InChI is InChI=1S/C12H25FN2/c1-3-15(8-7-13)12(10-14)6-4-5-11(2)9-12/h11H,3-10,14H2,1-2H3. The molecule has 0 bridgehead atoms. The van der Waals surface area contributed by atoms with Crippen LogP contribution in [-0.2, 0) is 0 Å². The Morgan fingerprint density at radius 3 is 2.73 bits per heavy atom. The zero-order valence-electron chi connectivity index (χ0n) is 10.1. The monoisotopic (exact) mass is 216 g/mol. The number of likely N-dealkylation sites (N-methyl/N-ethyl adjacent to an activating group) is 1. The Kier molecular flexibility index (Phi) is 5.00. The molecule has 15 heavy (non-hydrogen) atoms. The van der Waals surface area contributed by atoms with Crippen molar-refractivity contribution in [1.82, 2.24) is 4.90 Å². The van der Waals surface area contributed by atoms with Crippen LogP contribution in [0.5, 0.6) is 0 Å². The molecule has 2 atom stereocenters. The van der Waals surface area contributed by atoms with Gasteiger partial charge in [0.25, 0.3) is 0 Å². The summed E-state index contributed by atoms with van der Waals surface area (Å²) < 4.78 is 12.5. The predicted octanol–water partition coefficient (Wildman–Crippen LogP) is 2.19. The maximum Gasteiger partial charge on any atom is 0.102 e. The largest absolute Gasteiger partial charge is 0.329 e. The first kappa shape index (κ1) is 12.9. The molecule has 0 aliphatic heterocycles. The van der Waals surface area contributed by atoms with E-state index in [0.717, 1.165) is 25.3 Å².